The lowest BCUT2D eigenvalue weighted by Crippen LogP contribution is -2.38. The third-order valence-corrected chi connectivity index (χ3v) is 7.44. The van der Waals surface area contributed by atoms with Gasteiger partial charge < -0.3 is 5.73 Å². The molecule has 2 aromatic carbocycles. The van der Waals surface area contributed by atoms with Crippen LogP contribution in [-0.2, 0) is 10.8 Å². The molecule has 0 aliphatic heterocycles. The van der Waals surface area contributed by atoms with Crippen LogP contribution in [0.15, 0.2) is 66.1 Å². The highest BCUT2D eigenvalue weighted by atomic mass is 32.2. The van der Waals surface area contributed by atoms with Crippen molar-refractivity contribution < 1.29 is 13.0 Å². The molecule has 0 amide bonds. The average Bonchev–Trinajstić information content (AvgIpc) is 2.89. The van der Waals surface area contributed by atoms with Crippen LogP contribution >= 0.6 is 0 Å². The smallest absolute Gasteiger partial charge is 0.126 e. The second-order valence-corrected chi connectivity index (χ2v) is 10.9. The molecule has 0 aliphatic carbocycles. The van der Waals surface area contributed by atoms with Crippen molar-refractivity contribution in [3.8, 4) is 0 Å². The third kappa shape index (κ3) is 18.4. The maximum Gasteiger partial charge on any atom is 0.126 e. The second-order valence-electron chi connectivity index (χ2n) is 9.32. The highest BCUT2D eigenvalue weighted by Crippen LogP contribution is 2.27. The lowest BCUT2D eigenvalue weighted by Gasteiger charge is -2.31. The van der Waals surface area contributed by atoms with E-state index in [4.69, 9.17) is 5.73 Å². The minimum atomic E-state index is -0.875. The third-order valence-electron chi connectivity index (χ3n) is 5.98. The van der Waals surface area contributed by atoms with E-state index in [1.807, 2.05) is 51.1 Å². The molecule has 2 nitrogen and oxygen atoms in total. The number of aryl methyl sites for hydroxylation is 1. The molecule has 0 aromatic heterocycles. The predicted octanol–water partition coefficient (Wildman–Crippen LogP) is 10.0. The van der Waals surface area contributed by atoms with Gasteiger partial charge in [0.05, 0.1) is 10.8 Å². The van der Waals surface area contributed by atoms with E-state index in [9.17, 15) is 13.0 Å². The zero-order valence-corrected chi connectivity index (χ0v) is 26.0. The average molecular weight is 552 g/mol. The summed E-state index contributed by atoms with van der Waals surface area (Å²) in [6, 6.07) is 13.5. The van der Waals surface area contributed by atoms with Crippen LogP contribution < -0.4 is 5.73 Å². The number of hydrogen-bond acceptors (Lipinski definition) is 2. The highest BCUT2D eigenvalue weighted by molar-refractivity contribution is 7.85. The van der Waals surface area contributed by atoms with Crippen molar-refractivity contribution >= 4 is 10.8 Å². The van der Waals surface area contributed by atoms with Gasteiger partial charge in [-0.05, 0) is 87.6 Å². The molecule has 0 fully saturated rings. The first-order valence-corrected chi connectivity index (χ1v) is 15.7. The monoisotopic (exact) mass is 551 g/mol. The van der Waals surface area contributed by atoms with E-state index in [0.29, 0.717) is 23.4 Å². The van der Waals surface area contributed by atoms with Crippen molar-refractivity contribution in [1.82, 2.24) is 0 Å². The second kappa shape index (κ2) is 25.4. The van der Waals surface area contributed by atoms with Crippen LogP contribution in [0.25, 0.3) is 0 Å². The summed E-state index contributed by atoms with van der Waals surface area (Å²) in [5, 5.41) is 0. The molecule has 2 aromatic rings. The van der Waals surface area contributed by atoms with E-state index in [1.165, 1.54) is 50.7 Å². The normalized spacial score (nSPS) is 12.5. The Balaban J connectivity index is 0. The van der Waals surface area contributed by atoms with Crippen LogP contribution in [0.5, 0.6) is 0 Å². The lowest BCUT2D eigenvalue weighted by molar-refractivity contribution is 0.251. The fourth-order valence-electron chi connectivity index (χ4n) is 4.41. The first-order valence-electron chi connectivity index (χ1n) is 14.4. The molecule has 0 spiro atoms. The Labute approximate surface area is 236 Å². The van der Waals surface area contributed by atoms with Crippen molar-refractivity contribution in [2.45, 2.75) is 111 Å². The molecule has 0 heterocycles. The van der Waals surface area contributed by atoms with Crippen LogP contribution in [0.4, 0.5) is 8.78 Å². The fourth-order valence-corrected chi connectivity index (χ4v) is 5.54. The lowest BCUT2D eigenvalue weighted by atomic mass is 9.79. The Morgan fingerprint density at radius 2 is 1.29 bits per heavy atom. The zero-order valence-electron chi connectivity index (χ0n) is 25.1. The van der Waals surface area contributed by atoms with Gasteiger partial charge in [0.25, 0.3) is 0 Å². The minimum Gasteiger partial charge on any atom is -0.327 e. The summed E-state index contributed by atoms with van der Waals surface area (Å²) in [5.41, 5.74) is 7.28. The Bertz CT molecular complexity index is 788. The van der Waals surface area contributed by atoms with Gasteiger partial charge in [0.2, 0.25) is 0 Å². The highest BCUT2D eigenvalue weighted by Gasteiger charge is 2.24. The number of hydrogen-bond donors (Lipinski definition) is 1. The Morgan fingerprint density at radius 3 is 1.68 bits per heavy atom. The largest absolute Gasteiger partial charge is 0.327 e. The molecular weight excluding hydrogens is 496 g/mol. The number of rotatable bonds is 13. The number of nitrogens with two attached hydrogens (primary N) is 1. The van der Waals surface area contributed by atoms with E-state index in [-0.39, 0.29) is 0 Å². The number of allylic oxidation sites excluding steroid dienone is 1. The maximum atomic E-state index is 12.4. The number of halogens is 2. The fraction of sp³-hybridized carbons (Fsp3) is 0.576. The van der Waals surface area contributed by atoms with E-state index < -0.39 is 22.4 Å². The Hall–Kier alpha value is -1.85. The van der Waals surface area contributed by atoms with Gasteiger partial charge in [-0.3, -0.25) is 4.21 Å². The van der Waals surface area contributed by atoms with Gasteiger partial charge in [-0.1, -0.05) is 78.2 Å². The van der Waals surface area contributed by atoms with Gasteiger partial charge in [-0.15, -0.1) is 6.58 Å². The molecule has 0 bridgehead atoms. The quantitative estimate of drug-likeness (QED) is 0.252. The molecule has 218 valence electrons. The summed E-state index contributed by atoms with van der Waals surface area (Å²) in [6.07, 6.45) is 11.2. The van der Waals surface area contributed by atoms with Gasteiger partial charge in [0.15, 0.2) is 0 Å². The molecule has 2 N–H and O–H groups in total. The standard InChI is InChI=1S/C21H37NOS.C7H6F2.C3H6.C2H6/c1-4-11-18(12-5-2)21(22)19(13-6-3)14-10-17-24(23)20-15-8-7-9-16-20;1-5-2-6(8)4-7(9)3-5;1-3-2;1-2/h7-9,15-16,18-19,21H,4-6,10-14,17,22H2,1-3H3;2-4H,1H3;3H,1H2,2H3;1-2H3. The van der Waals surface area contributed by atoms with Gasteiger partial charge >= 0.3 is 0 Å². The molecule has 2 rings (SSSR count). The van der Waals surface area contributed by atoms with Gasteiger partial charge in [-0.25, -0.2) is 8.78 Å². The van der Waals surface area contributed by atoms with Crippen LogP contribution in [0, 0.1) is 30.4 Å². The van der Waals surface area contributed by atoms with Crippen molar-refractivity contribution in [3.05, 3.63) is 78.4 Å². The van der Waals surface area contributed by atoms with Gasteiger partial charge in [0.1, 0.15) is 11.6 Å². The molecule has 3 atom stereocenters. The topological polar surface area (TPSA) is 43.1 Å². The van der Waals surface area contributed by atoms with E-state index in [1.54, 1.807) is 13.0 Å². The SMILES string of the molecule is C=CC.CC.CCCC(CCC)C(N)C(CCC)CCCS(=O)c1ccccc1.Cc1cc(F)cc(F)c1. The van der Waals surface area contributed by atoms with Crippen LogP contribution in [-0.4, -0.2) is 16.0 Å². The molecule has 0 radical (unpaired) electrons. The molecule has 3 unspecified atom stereocenters. The first kappa shape index (κ1) is 38.3. The summed E-state index contributed by atoms with van der Waals surface area (Å²) < 4.78 is 36.7. The Kier molecular flexibility index (Phi) is 25.6. The van der Waals surface area contributed by atoms with Crippen LogP contribution in [0.1, 0.15) is 98.5 Å². The molecule has 0 saturated carbocycles. The summed E-state index contributed by atoms with van der Waals surface area (Å²) in [4.78, 5) is 0.948. The molecule has 5 heteroatoms. The van der Waals surface area contributed by atoms with Crippen molar-refractivity contribution in [1.29, 1.82) is 0 Å². The molecule has 0 saturated heterocycles. The van der Waals surface area contributed by atoms with E-state index in [0.717, 1.165) is 29.6 Å². The molecule has 0 aliphatic rings. The molecule has 38 heavy (non-hydrogen) atoms. The van der Waals surface area contributed by atoms with Crippen molar-refractivity contribution in [2.75, 3.05) is 5.75 Å². The summed E-state index contributed by atoms with van der Waals surface area (Å²) in [7, 11) is -0.875. The predicted molar refractivity (Wildman–Crippen MR) is 165 cm³/mol. The van der Waals surface area contributed by atoms with Gasteiger partial charge in [-0.2, -0.15) is 0 Å². The Morgan fingerprint density at radius 1 is 0.868 bits per heavy atom. The van der Waals surface area contributed by atoms with Crippen molar-refractivity contribution in [2.24, 2.45) is 17.6 Å². The summed E-state index contributed by atoms with van der Waals surface area (Å²) in [5.74, 6) is 0.936. The van der Waals surface area contributed by atoms with Gasteiger partial charge in [0, 0.05) is 22.8 Å². The van der Waals surface area contributed by atoms with E-state index >= 15 is 0 Å². The molecular formula is C33H55F2NOS. The summed E-state index contributed by atoms with van der Waals surface area (Å²) in [6.45, 7) is 17.7. The van der Waals surface area contributed by atoms with Crippen LogP contribution in [0.3, 0.4) is 0 Å². The zero-order chi connectivity index (χ0) is 29.3. The first-order chi connectivity index (χ1) is 18.2. The van der Waals surface area contributed by atoms with Crippen LogP contribution in [0.2, 0.25) is 0 Å². The summed E-state index contributed by atoms with van der Waals surface area (Å²) >= 11 is 0. The van der Waals surface area contributed by atoms with Crippen molar-refractivity contribution in [3.63, 3.8) is 0 Å². The minimum absolute atomic E-state index is 0.301. The number of benzene rings is 2. The maximum absolute atomic E-state index is 12.4. The van der Waals surface area contributed by atoms with E-state index in [2.05, 4.69) is 27.4 Å².